The van der Waals surface area contributed by atoms with Crippen molar-refractivity contribution in [3.8, 4) is 0 Å². The van der Waals surface area contributed by atoms with E-state index < -0.39 is 11.0 Å². The monoisotopic (exact) mass is 255 g/mol. The predicted octanol–water partition coefficient (Wildman–Crippen LogP) is 1.83. The van der Waals surface area contributed by atoms with E-state index in [1.807, 2.05) is 40.0 Å². The fourth-order valence-corrected chi connectivity index (χ4v) is 1.86. The number of hydrogen-bond donors (Lipinski definition) is 2. The molecule has 0 atom stereocenters. The van der Waals surface area contributed by atoms with Gasteiger partial charge in [-0.05, 0) is 34.6 Å². The van der Waals surface area contributed by atoms with Crippen molar-refractivity contribution in [1.29, 1.82) is 0 Å². The van der Waals surface area contributed by atoms with Crippen molar-refractivity contribution >= 4 is 17.2 Å². The van der Waals surface area contributed by atoms with Crippen LogP contribution >= 0.6 is 11.3 Å². The molecule has 0 aliphatic carbocycles. The van der Waals surface area contributed by atoms with Crippen LogP contribution in [0.15, 0.2) is 5.38 Å². The number of nitrogens with zero attached hydrogens (tertiary/aromatic N) is 1. The van der Waals surface area contributed by atoms with Crippen LogP contribution in [0.1, 0.15) is 38.4 Å². The van der Waals surface area contributed by atoms with Gasteiger partial charge >= 0.3 is 0 Å². The summed E-state index contributed by atoms with van der Waals surface area (Å²) in [5, 5.41) is 5.78. The summed E-state index contributed by atoms with van der Waals surface area (Å²) in [7, 11) is 0. The van der Waals surface area contributed by atoms with Gasteiger partial charge in [-0.3, -0.25) is 4.79 Å². The number of nitrogens with two attached hydrogens (primary N) is 1. The summed E-state index contributed by atoms with van der Waals surface area (Å²) in [6.07, 6.45) is 0. The highest BCUT2D eigenvalue weighted by Crippen LogP contribution is 2.28. The minimum Gasteiger partial charge on any atom is -0.349 e. The highest BCUT2D eigenvalue weighted by Gasteiger charge is 2.40. The van der Waals surface area contributed by atoms with Gasteiger partial charge in [0, 0.05) is 16.6 Å². The molecule has 1 heterocycles. The summed E-state index contributed by atoms with van der Waals surface area (Å²) in [6.45, 7) is 9.84. The molecule has 1 rings (SSSR count). The van der Waals surface area contributed by atoms with Gasteiger partial charge in [-0.1, -0.05) is 0 Å². The van der Waals surface area contributed by atoms with Crippen LogP contribution in [-0.2, 0) is 11.3 Å². The fraction of sp³-hybridized carbons (Fsp3) is 0.667. The van der Waals surface area contributed by atoms with E-state index in [2.05, 4.69) is 10.3 Å². The maximum absolute atomic E-state index is 12.1. The highest BCUT2D eigenvalue weighted by molar-refractivity contribution is 7.09. The lowest BCUT2D eigenvalue weighted by atomic mass is 9.74. The number of thiazole rings is 1. The Hall–Kier alpha value is -0.940. The first-order chi connectivity index (χ1) is 7.64. The molecule has 0 saturated carbocycles. The van der Waals surface area contributed by atoms with Gasteiger partial charge in [-0.25, -0.2) is 4.98 Å². The largest absolute Gasteiger partial charge is 0.349 e. The van der Waals surface area contributed by atoms with Gasteiger partial charge < -0.3 is 11.1 Å². The molecule has 4 nitrogen and oxygen atoms in total. The van der Waals surface area contributed by atoms with Crippen molar-refractivity contribution < 1.29 is 4.79 Å². The number of hydrogen-bond acceptors (Lipinski definition) is 4. The summed E-state index contributed by atoms with van der Waals surface area (Å²) < 4.78 is 0. The third-order valence-electron chi connectivity index (χ3n) is 3.25. The molecular weight excluding hydrogens is 234 g/mol. The lowest BCUT2D eigenvalue weighted by Crippen LogP contribution is -2.55. The van der Waals surface area contributed by atoms with E-state index in [0.29, 0.717) is 6.54 Å². The number of nitrogens with one attached hydrogen (secondary N) is 1. The highest BCUT2D eigenvalue weighted by atomic mass is 32.1. The molecule has 17 heavy (non-hydrogen) atoms. The molecule has 0 bridgehead atoms. The van der Waals surface area contributed by atoms with Crippen LogP contribution < -0.4 is 11.1 Å². The quantitative estimate of drug-likeness (QED) is 0.862. The zero-order valence-corrected chi connectivity index (χ0v) is 11.9. The van der Waals surface area contributed by atoms with Gasteiger partial charge in [0.1, 0.15) is 5.01 Å². The molecule has 1 aromatic rings. The van der Waals surface area contributed by atoms with E-state index in [9.17, 15) is 4.79 Å². The normalized spacial score (nSPS) is 12.6. The second kappa shape index (κ2) is 4.74. The smallest absolute Gasteiger partial charge is 0.227 e. The molecule has 3 N–H and O–H groups in total. The third kappa shape index (κ3) is 3.26. The van der Waals surface area contributed by atoms with Gasteiger partial charge in [0.15, 0.2) is 0 Å². The predicted molar refractivity (Wildman–Crippen MR) is 70.7 cm³/mol. The standard InChI is InChI=1S/C12H21N3OS/c1-8-7-17-9(15-8)6-14-10(16)11(2,3)12(4,5)13/h7H,6,13H2,1-5H3,(H,14,16). The van der Waals surface area contributed by atoms with Crippen molar-refractivity contribution in [1.82, 2.24) is 10.3 Å². The Morgan fingerprint density at radius 3 is 2.47 bits per heavy atom. The minimum atomic E-state index is -0.612. The Balaban J connectivity index is 2.61. The van der Waals surface area contributed by atoms with Gasteiger partial charge in [0.2, 0.25) is 5.91 Å². The van der Waals surface area contributed by atoms with E-state index >= 15 is 0 Å². The molecule has 0 saturated heterocycles. The first kappa shape index (κ1) is 14.1. The van der Waals surface area contributed by atoms with E-state index in [1.165, 1.54) is 0 Å². The van der Waals surface area contributed by atoms with E-state index in [1.54, 1.807) is 11.3 Å². The van der Waals surface area contributed by atoms with Gasteiger partial charge in [0.25, 0.3) is 0 Å². The molecule has 0 aliphatic heterocycles. The molecule has 0 fully saturated rings. The van der Waals surface area contributed by atoms with Crippen LogP contribution in [0, 0.1) is 12.3 Å². The molecule has 96 valence electrons. The maximum Gasteiger partial charge on any atom is 0.227 e. The average Bonchev–Trinajstić information content (AvgIpc) is 2.58. The Bertz CT molecular complexity index is 404. The van der Waals surface area contributed by atoms with Gasteiger partial charge in [-0.15, -0.1) is 11.3 Å². The van der Waals surface area contributed by atoms with Crippen LogP contribution in [0.25, 0.3) is 0 Å². The zero-order chi connectivity index (χ0) is 13.3. The molecule has 0 aliphatic rings. The SMILES string of the molecule is Cc1csc(CNC(=O)C(C)(C)C(C)(C)N)n1. The van der Waals surface area contributed by atoms with Crippen molar-refractivity contribution in [2.45, 2.75) is 46.7 Å². The summed E-state index contributed by atoms with van der Waals surface area (Å²) in [5.74, 6) is -0.0437. The van der Waals surface area contributed by atoms with E-state index in [0.717, 1.165) is 10.7 Å². The number of aromatic nitrogens is 1. The number of rotatable bonds is 4. The molecule has 1 aromatic heterocycles. The molecule has 5 heteroatoms. The molecule has 1 amide bonds. The lowest BCUT2D eigenvalue weighted by molar-refractivity contribution is -0.132. The first-order valence-electron chi connectivity index (χ1n) is 5.63. The molecular formula is C12H21N3OS. The second-order valence-electron chi connectivity index (χ2n) is 5.41. The summed E-state index contributed by atoms with van der Waals surface area (Å²) in [4.78, 5) is 16.4. The number of carbonyl (C=O) groups is 1. The maximum atomic E-state index is 12.1. The molecule has 0 spiro atoms. The van der Waals surface area contributed by atoms with Crippen LogP contribution in [-0.4, -0.2) is 16.4 Å². The third-order valence-corrected chi connectivity index (χ3v) is 4.21. The topological polar surface area (TPSA) is 68.0 Å². The molecule has 0 unspecified atom stereocenters. The zero-order valence-electron chi connectivity index (χ0n) is 11.1. The van der Waals surface area contributed by atoms with Crippen molar-refractivity contribution in [3.05, 3.63) is 16.1 Å². The minimum absolute atomic E-state index is 0.0437. The summed E-state index contributed by atoms with van der Waals surface area (Å²) >= 11 is 1.55. The summed E-state index contributed by atoms with van der Waals surface area (Å²) in [5.41, 5.74) is 5.83. The van der Waals surface area contributed by atoms with E-state index in [4.69, 9.17) is 5.73 Å². The Morgan fingerprint density at radius 2 is 2.06 bits per heavy atom. The number of aryl methyl sites for hydroxylation is 1. The molecule has 0 aromatic carbocycles. The average molecular weight is 255 g/mol. The van der Waals surface area contributed by atoms with Gasteiger partial charge in [-0.2, -0.15) is 0 Å². The second-order valence-corrected chi connectivity index (χ2v) is 6.35. The number of carbonyl (C=O) groups excluding carboxylic acids is 1. The lowest BCUT2D eigenvalue weighted by Gasteiger charge is -2.36. The van der Waals surface area contributed by atoms with E-state index in [-0.39, 0.29) is 5.91 Å². The van der Waals surface area contributed by atoms with Crippen LogP contribution in [0.3, 0.4) is 0 Å². The Morgan fingerprint density at radius 1 is 1.47 bits per heavy atom. The number of amides is 1. The van der Waals surface area contributed by atoms with Crippen LogP contribution in [0.2, 0.25) is 0 Å². The van der Waals surface area contributed by atoms with Gasteiger partial charge in [0.05, 0.1) is 12.0 Å². The summed E-state index contributed by atoms with van der Waals surface area (Å²) in [6, 6.07) is 0. The first-order valence-corrected chi connectivity index (χ1v) is 6.51. The van der Waals surface area contributed by atoms with Crippen LogP contribution in [0.4, 0.5) is 0 Å². The van der Waals surface area contributed by atoms with Crippen molar-refractivity contribution in [2.75, 3.05) is 0 Å². The Labute approximate surface area is 107 Å². The fourth-order valence-electron chi connectivity index (χ4n) is 1.15. The Kier molecular flexibility index (Phi) is 3.94. The van der Waals surface area contributed by atoms with Crippen molar-refractivity contribution in [3.63, 3.8) is 0 Å². The molecule has 0 radical (unpaired) electrons. The van der Waals surface area contributed by atoms with Crippen LogP contribution in [0.5, 0.6) is 0 Å². The van der Waals surface area contributed by atoms with Crippen molar-refractivity contribution in [2.24, 2.45) is 11.1 Å².